The number of hydrogen-bond donors (Lipinski definition) is 0. The molecule has 3 atom stereocenters. The predicted octanol–water partition coefficient (Wildman–Crippen LogP) is 5.54. The Morgan fingerprint density at radius 2 is 1.57 bits per heavy atom. The van der Waals surface area contributed by atoms with Gasteiger partial charge < -0.3 is 14.2 Å². The summed E-state index contributed by atoms with van der Waals surface area (Å²) in [7, 11) is 0. The molecule has 0 amide bonds. The Morgan fingerprint density at radius 3 is 2.20 bits per heavy atom. The van der Waals surface area contributed by atoms with Gasteiger partial charge in [-0.05, 0) is 45.1 Å². The average molecular weight is 415 g/mol. The molecule has 0 fully saturated rings. The maximum atomic E-state index is 12.6. The number of fused-ring (bicyclic) bond motifs is 1. The van der Waals surface area contributed by atoms with Gasteiger partial charge in [0, 0.05) is 5.39 Å². The lowest BCUT2D eigenvalue weighted by Gasteiger charge is -2.29. The Balaban J connectivity index is 2.05. The molecule has 2 rings (SSSR count). The number of esters is 2. The number of carbonyl (C=O) groups is 2. The first-order valence-corrected chi connectivity index (χ1v) is 10.5. The molecule has 0 radical (unpaired) electrons. The van der Waals surface area contributed by atoms with E-state index in [-0.39, 0.29) is 18.4 Å². The first-order valence-electron chi connectivity index (χ1n) is 10.5. The highest BCUT2D eigenvalue weighted by Gasteiger charge is 2.30. The van der Waals surface area contributed by atoms with Crippen molar-refractivity contribution in [1.82, 2.24) is 0 Å². The van der Waals surface area contributed by atoms with Crippen LogP contribution in [0.5, 0.6) is 5.75 Å². The maximum absolute atomic E-state index is 12.6. The summed E-state index contributed by atoms with van der Waals surface area (Å²) in [5.74, 6) is -0.551. The van der Waals surface area contributed by atoms with E-state index in [4.69, 9.17) is 14.2 Å². The number of benzene rings is 2. The van der Waals surface area contributed by atoms with Crippen LogP contribution >= 0.6 is 0 Å². The van der Waals surface area contributed by atoms with Crippen LogP contribution in [0.1, 0.15) is 54.9 Å². The lowest BCUT2D eigenvalue weighted by Crippen LogP contribution is -2.39. The highest BCUT2D eigenvalue weighted by Crippen LogP contribution is 2.28. The minimum atomic E-state index is -0.590. The summed E-state index contributed by atoms with van der Waals surface area (Å²) in [6.07, 6.45) is -0.815. The molecule has 0 unspecified atom stereocenters. The molecule has 0 saturated heterocycles. The van der Waals surface area contributed by atoms with Crippen molar-refractivity contribution in [2.24, 2.45) is 11.8 Å². The van der Waals surface area contributed by atoms with Gasteiger partial charge in [-0.2, -0.15) is 0 Å². The van der Waals surface area contributed by atoms with E-state index in [2.05, 4.69) is 0 Å². The highest BCUT2D eigenvalue weighted by atomic mass is 16.6. The smallest absolute Gasteiger partial charge is 0.309 e. The van der Waals surface area contributed by atoms with Gasteiger partial charge in [-0.3, -0.25) is 9.59 Å². The van der Waals surface area contributed by atoms with Crippen LogP contribution in [-0.4, -0.2) is 29.7 Å². The molecule has 0 bridgehead atoms. The second-order valence-electron chi connectivity index (χ2n) is 9.14. The van der Waals surface area contributed by atoms with Gasteiger partial charge in [-0.15, -0.1) is 0 Å². The molecular formula is C25H34O5. The zero-order chi connectivity index (χ0) is 22.5. The second kappa shape index (κ2) is 9.96. The van der Waals surface area contributed by atoms with Crippen molar-refractivity contribution in [1.29, 1.82) is 0 Å². The van der Waals surface area contributed by atoms with Crippen molar-refractivity contribution < 1.29 is 23.8 Å². The van der Waals surface area contributed by atoms with Gasteiger partial charge in [0.05, 0.1) is 12.3 Å². The number of rotatable bonds is 8. The van der Waals surface area contributed by atoms with Crippen LogP contribution in [-0.2, 0) is 19.1 Å². The molecule has 5 nitrogen and oxygen atoms in total. The molecule has 164 valence electrons. The monoisotopic (exact) mass is 414 g/mol. The van der Waals surface area contributed by atoms with Crippen LogP contribution in [0.25, 0.3) is 10.8 Å². The molecule has 0 aliphatic carbocycles. The van der Waals surface area contributed by atoms with Crippen molar-refractivity contribution in [3.63, 3.8) is 0 Å². The summed E-state index contributed by atoms with van der Waals surface area (Å²) in [4.78, 5) is 24.6. The third kappa shape index (κ3) is 6.75. The van der Waals surface area contributed by atoms with E-state index in [1.807, 2.05) is 63.2 Å². The van der Waals surface area contributed by atoms with E-state index in [1.54, 1.807) is 27.7 Å². The molecule has 0 saturated carbocycles. The summed E-state index contributed by atoms with van der Waals surface area (Å²) in [6, 6.07) is 13.9. The fourth-order valence-corrected chi connectivity index (χ4v) is 3.30. The summed E-state index contributed by atoms with van der Waals surface area (Å²) in [5.41, 5.74) is -0.580. The van der Waals surface area contributed by atoms with Gasteiger partial charge in [-0.25, -0.2) is 0 Å². The Labute approximate surface area is 179 Å². The fraction of sp³-hybridized carbons (Fsp3) is 0.520. The predicted molar refractivity (Wildman–Crippen MR) is 118 cm³/mol. The summed E-state index contributed by atoms with van der Waals surface area (Å²) >= 11 is 0. The van der Waals surface area contributed by atoms with Crippen LogP contribution in [0.15, 0.2) is 42.5 Å². The van der Waals surface area contributed by atoms with Crippen molar-refractivity contribution in [3.05, 3.63) is 42.5 Å². The molecule has 0 aromatic heterocycles. The SMILES string of the molecule is CC(C)[C@H](Oc1cccc2ccccc12)[C@H](C)OC(=O)[C@H](C)CC(=O)OC(C)(C)C. The van der Waals surface area contributed by atoms with Crippen molar-refractivity contribution in [2.45, 2.75) is 72.7 Å². The lowest BCUT2D eigenvalue weighted by molar-refractivity contribution is -0.165. The highest BCUT2D eigenvalue weighted by molar-refractivity contribution is 5.88. The summed E-state index contributed by atoms with van der Waals surface area (Å²) < 4.78 is 17.3. The first kappa shape index (κ1) is 23.7. The zero-order valence-electron chi connectivity index (χ0n) is 19.1. The molecule has 5 heteroatoms. The van der Waals surface area contributed by atoms with Crippen molar-refractivity contribution in [2.75, 3.05) is 0 Å². The fourth-order valence-electron chi connectivity index (χ4n) is 3.30. The van der Waals surface area contributed by atoms with Gasteiger partial charge >= 0.3 is 11.9 Å². The molecule has 0 N–H and O–H groups in total. The second-order valence-corrected chi connectivity index (χ2v) is 9.14. The van der Waals surface area contributed by atoms with Gasteiger partial charge in [0.25, 0.3) is 0 Å². The van der Waals surface area contributed by atoms with E-state index in [9.17, 15) is 9.59 Å². The largest absolute Gasteiger partial charge is 0.486 e. The minimum absolute atomic E-state index is 0.0145. The van der Waals surface area contributed by atoms with Crippen LogP contribution in [0.3, 0.4) is 0 Å². The molecule has 2 aromatic rings. The molecule has 2 aromatic carbocycles. The average Bonchev–Trinajstić information content (AvgIpc) is 2.64. The van der Waals surface area contributed by atoms with E-state index in [0.29, 0.717) is 0 Å². The third-order valence-corrected chi connectivity index (χ3v) is 4.73. The Morgan fingerprint density at radius 1 is 0.933 bits per heavy atom. The molecule has 30 heavy (non-hydrogen) atoms. The van der Waals surface area contributed by atoms with Crippen LogP contribution in [0.4, 0.5) is 0 Å². The molecule has 0 aliphatic heterocycles. The third-order valence-electron chi connectivity index (χ3n) is 4.73. The zero-order valence-corrected chi connectivity index (χ0v) is 19.1. The van der Waals surface area contributed by atoms with Gasteiger partial charge in [-0.1, -0.05) is 57.2 Å². The molecular weight excluding hydrogens is 380 g/mol. The Kier molecular flexibility index (Phi) is 7.88. The van der Waals surface area contributed by atoms with Crippen LogP contribution < -0.4 is 4.74 Å². The number of carbonyl (C=O) groups excluding carboxylic acids is 2. The Bertz CT molecular complexity index is 860. The summed E-state index contributed by atoms with van der Waals surface area (Å²) in [5, 5.41) is 2.11. The first-order chi connectivity index (χ1) is 14.0. The molecule has 0 aliphatic rings. The normalized spacial score (nSPS) is 14.8. The van der Waals surface area contributed by atoms with E-state index < -0.39 is 29.6 Å². The number of ether oxygens (including phenoxy) is 3. The standard InChI is InChI=1S/C25H34O5/c1-16(2)23(29-21-14-10-12-19-11-8-9-13-20(19)21)18(4)28-24(27)17(3)15-22(26)30-25(5,6)7/h8-14,16-18,23H,15H2,1-7H3/t17-,18+,23+/m1/s1. The van der Waals surface area contributed by atoms with Gasteiger partial charge in [0.1, 0.15) is 23.6 Å². The lowest BCUT2D eigenvalue weighted by atomic mass is 10.0. The quantitative estimate of drug-likeness (QED) is 0.531. The maximum Gasteiger partial charge on any atom is 0.309 e. The van der Waals surface area contributed by atoms with Crippen molar-refractivity contribution >= 4 is 22.7 Å². The van der Waals surface area contributed by atoms with E-state index in [0.717, 1.165) is 16.5 Å². The molecule has 0 spiro atoms. The van der Waals surface area contributed by atoms with Crippen LogP contribution in [0.2, 0.25) is 0 Å². The summed E-state index contributed by atoms with van der Waals surface area (Å²) in [6.45, 7) is 13.0. The van der Waals surface area contributed by atoms with Gasteiger partial charge in [0.15, 0.2) is 0 Å². The topological polar surface area (TPSA) is 61.8 Å². The van der Waals surface area contributed by atoms with Crippen molar-refractivity contribution in [3.8, 4) is 5.75 Å². The van der Waals surface area contributed by atoms with Crippen LogP contribution in [0, 0.1) is 11.8 Å². The van der Waals surface area contributed by atoms with E-state index in [1.165, 1.54) is 0 Å². The minimum Gasteiger partial charge on any atom is -0.486 e. The molecule has 0 heterocycles. The Hall–Kier alpha value is -2.56. The number of hydrogen-bond acceptors (Lipinski definition) is 5. The van der Waals surface area contributed by atoms with Gasteiger partial charge in [0.2, 0.25) is 0 Å². The van der Waals surface area contributed by atoms with E-state index >= 15 is 0 Å².